The van der Waals surface area contributed by atoms with Crippen molar-refractivity contribution in [3.05, 3.63) is 29.8 Å². The number of carbonyl (C=O) groups is 1. The first kappa shape index (κ1) is 22.3. The number of halogens is 2. The second kappa shape index (κ2) is 11.6. The van der Waals surface area contributed by atoms with Crippen molar-refractivity contribution in [3.8, 4) is 5.75 Å². The number of nitrogens with one attached hydrogen (secondary N) is 1. The van der Waals surface area contributed by atoms with Gasteiger partial charge in [-0.3, -0.25) is 4.79 Å². The van der Waals surface area contributed by atoms with Crippen LogP contribution in [-0.2, 0) is 0 Å². The average molecular weight is 338 g/mol. The molecule has 1 aromatic carbocycles. The summed E-state index contributed by atoms with van der Waals surface area (Å²) in [6.45, 7) is 3.63. The van der Waals surface area contributed by atoms with Crippen LogP contribution in [0.4, 0.5) is 0 Å². The molecule has 1 atom stereocenters. The number of ether oxygens (including phenoxy) is 1. The summed E-state index contributed by atoms with van der Waals surface area (Å²) in [5.74, 6) is 0.449. The topological polar surface area (TPSA) is 67.6 Å². The quantitative estimate of drug-likeness (QED) is 0.792. The number of amides is 1. The van der Waals surface area contributed by atoms with E-state index in [0.29, 0.717) is 24.5 Å². The molecule has 0 aliphatic carbocycles. The van der Waals surface area contributed by atoms with E-state index in [1.165, 1.54) is 0 Å². The smallest absolute Gasteiger partial charge is 0.255 e. The predicted molar refractivity (Wildman–Crippen MR) is 91.0 cm³/mol. The molecule has 3 N–H and O–H groups in total. The lowest BCUT2D eigenvalue weighted by atomic mass is 10.1. The Morgan fingerprint density at radius 2 is 1.95 bits per heavy atom. The fraction of sp³-hybridized carbons (Fsp3) is 0.500. The highest BCUT2D eigenvalue weighted by Crippen LogP contribution is 2.17. The van der Waals surface area contributed by atoms with Crippen molar-refractivity contribution in [3.63, 3.8) is 0 Å². The van der Waals surface area contributed by atoms with Gasteiger partial charge in [-0.15, -0.1) is 24.8 Å². The minimum atomic E-state index is -0.154. The summed E-state index contributed by atoms with van der Waals surface area (Å²) in [4.78, 5) is 14.1. The first-order valence-corrected chi connectivity index (χ1v) is 6.42. The number of benzene rings is 1. The Morgan fingerprint density at radius 1 is 1.33 bits per heavy atom. The third kappa shape index (κ3) is 8.12. The van der Waals surface area contributed by atoms with Crippen molar-refractivity contribution < 1.29 is 9.53 Å². The molecule has 0 radical (unpaired) electrons. The maximum atomic E-state index is 12.1. The van der Waals surface area contributed by atoms with E-state index in [0.717, 1.165) is 6.54 Å². The molecule has 0 aliphatic rings. The Balaban J connectivity index is 0. The van der Waals surface area contributed by atoms with Crippen LogP contribution in [0.15, 0.2) is 24.3 Å². The summed E-state index contributed by atoms with van der Waals surface area (Å²) < 4.78 is 5.65. The van der Waals surface area contributed by atoms with Crippen LogP contribution in [-0.4, -0.2) is 50.6 Å². The Bertz CT molecular complexity index is 417. The minimum absolute atomic E-state index is 0. The lowest BCUT2D eigenvalue weighted by Gasteiger charge is -2.15. The van der Waals surface area contributed by atoms with Gasteiger partial charge in [-0.1, -0.05) is 12.1 Å². The average Bonchev–Trinajstić information content (AvgIpc) is 2.38. The van der Waals surface area contributed by atoms with Gasteiger partial charge in [-0.2, -0.15) is 0 Å². The molecule has 7 heteroatoms. The summed E-state index contributed by atoms with van der Waals surface area (Å²) >= 11 is 0. The number of nitrogens with zero attached hydrogens (tertiary/aromatic N) is 1. The molecular weight excluding hydrogens is 313 g/mol. The molecule has 0 aromatic heterocycles. The summed E-state index contributed by atoms with van der Waals surface area (Å²) in [5.41, 5.74) is 6.04. The highest BCUT2D eigenvalue weighted by atomic mass is 35.5. The Labute approximate surface area is 139 Å². The van der Waals surface area contributed by atoms with E-state index in [4.69, 9.17) is 10.5 Å². The van der Waals surface area contributed by atoms with Gasteiger partial charge in [0.1, 0.15) is 12.4 Å². The highest BCUT2D eigenvalue weighted by Gasteiger charge is 2.13. The molecule has 0 heterocycles. The van der Waals surface area contributed by atoms with Crippen LogP contribution in [0.25, 0.3) is 0 Å². The SMILES string of the molecule is C[C@@H](CN)NC(=O)c1ccccc1OCCN(C)C.Cl.Cl. The van der Waals surface area contributed by atoms with Crippen molar-refractivity contribution in [2.75, 3.05) is 33.8 Å². The molecular formula is C14H25Cl2N3O2. The lowest BCUT2D eigenvalue weighted by molar-refractivity contribution is 0.0937. The Hall–Kier alpha value is -1.01. The number of para-hydroxylation sites is 1. The molecule has 1 amide bonds. The van der Waals surface area contributed by atoms with E-state index in [2.05, 4.69) is 5.32 Å². The predicted octanol–water partition coefficient (Wildman–Crippen LogP) is 1.55. The molecule has 0 aliphatic heterocycles. The molecule has 0 saturated carbocycles. The fourth-order valence-electron chi connectivity index (χ4n) is 1.48. The summed E-state index contributed by atoms with van der Waals surface area (Å²) in [6.07, 6.45) is 0. The van der Waals surface area contributed by atoms with Gasteiger partial charge in [0.25, 0.3) is 5.91 Å². The number of likely N-dealkylation sites (N-methyl/N-ethyl adjacent to an activating group) is 1. The van der Waals surface area contributed by atoms with Crippen molar-refractivity contribution in [2.45, 2.75) is 13.0 Å². The Morgan fingerprint density at radius 3 is 2.52 bits per heavy atom. The molecule has 21 heavy (non-hydrogen) atoms. The molecule has 1 rings (SSSR count). The van der Waals surface area contributed by atoms with E-state index >= 15 is 0 Å². The maximum absolute atomic E-state index is 12.1. The second-order valence-electron chi connectivity index (χ2n) is 4.76. The van der Waals surface area contributed by atoms with Gasteiger partial charge in [0.2, 0.25) is 0 Å². The number of hydrogen-bond acceptors (Lipinski definition) is 4. The van der Waals surface area contributed by atoms with Crippen LogP contribution in [0.3, 0.4) is 0 Å². The zero-order valence-corrected chi connectivity index (χ0v) is 14.3. The zero-order valence-electron chi connectivity index (χ0n) is 12.7. The van der Waals surface area contributed by atoms with Crippen LogP contribution >= 0.6 is 24.8 Å². The fourth-order valence-corrected chi connectivity index (χ4v) is 1.48. The van der Waals surface area contributed by atoms with Crippen molar-refractivity contribution in [2.24, 2.45) is 5.73 Å². The monoisotopic (exact) mass is 337 g/mol. The standard InChI is InChI=1S/C14H23N3O2.2ClH/c1-11(10-15)16-14(18)12-6-4-5-7-13(12)19-9-8-17(2)3;;/h4-7,11H,8-10,15H2,1-3H3,(H,16,18);2*1H/t11-;;/m0../s1. The van der Waals surface area contributed by atoms with Gasteiger partial charge in [0, 0.05) is 19.1 Å². The lowest BCUT2D eigenvalue weighted by Crippen LogP contribution is -2.38. The largest absolute Gasteiger partial charge is 0.491 e. The first-order valence-electron chi connectivity index (χ1n) is 6.42. The van der Waals surface area contributed by atoms with Gasteiger partial charge in [0.05, 0.1) is 5.56 Å². The molecule has 0 bridgehead atoms. The normalized spacial score (nSPS) is 11.1. The number of rotatable bonds is 7. The van der Waals surface area contributed by atoms with E-state index in [9.17, 15) is 4.79 Å². The van der Waals surface area contributed by atoms with Crippen LogP contribution in [0.1, 0.15) is 17.3 Å². The van der Waals surface area contributed by atoms with Crippen molar-refractivity contribution >= 4 is 30.7 Å². The van der Waals surface area contributed by atoms with Gasteiger partial charge in [-0.25, -0.2) is 0 Å². The zero-order chi connectivity index (χ0) is 14.3. The molecule has 0 fully saturated rings. The molecule has 5 nitrogen and oxygen atoms in total. The first-order chi connectivity index (χ1) is 9.04. The van der Waals surface area contributed by atoms with Crippen LogP contribution in [0, 0.1) is 0 Å². The van der Waals surface area contributed by atoms with Crippen molar-refractivity contribution in [1.82, 2.24) is 10.2 Å². The minimum Gasteiger partial charge on any atom is -0.491 e. The summed E-state index contributed by atoms with van der Waals surface area (Å²) in [5, 5.41) is 2.83. The maximum Gasteiger partial charge on any atom is 0.255 e. The Kier molecular flexibility index (Phi) is 12.3. The van der Waals surface area contributed by atoms with Crippen molar-refractivity contribution in [1.29, 1.82) is 0 Å². The second-order valence-corrected chi connectivity index (χ2v) is 4.76. The third-order valence-electron chi connectivity index (χ3n) is 2.66. The van der Waals surface area contributed by atoms with Gasteiger partial charge in [0.15, 0.2) is 0 Å². The van der Waals surface area contributed by atoms with Gasteiger partial charge >= 0.3 is 0 Å². The molecule has 0 unspecified atom stereocenters. The molecule has 0 saturated heterocycles. The molecule has 0 spiro atoms. The summed E-state index contributed by atoms with van der Waals surface area (Å²) in [6, 6.07) is 7.18. The summed E-state index contributed by atoms with van der Waals surface area (Å²) in [7, 11) is 3.95. The van der Waals surface area contributed by atoms with E-state index in [-0.39, 0.29) is 36.8 Å². The van der Waals surface area contributed by atoms with E-state index < -0.39 is 0 Å². The highest BCUT2D eigenvalue weighted by molar-refractivity contribution is 5.97. The number of nitrogens with two attached hydrogens (primary N) is 1. The van der Waals surface area contributed by atoms with Crippen LogP contribution in [0.5, 0.6) is 5.75 Å². The number of hydrogen-bond donors (Lipinski definition) is 2. The van der Waals surface area contributed by atoms with Gasteiger partial charge < -0.3 is 20.7 Å². The van der Waals surface area contributed by atoms with Crippen LogP contribution < -0.4 is 15.8 Å². The van der Waals surface area contributed by atoms with Crippen LogP contribution in [0.2, 0.25) is 0 Å². The molecule has 1 aromatic rings. The number of carbonyl (C=O) groups excluding carboxylic acids is 1. The van der Waals surface area contributed by atoms with Gasteiger partial charge in [-0.05, 0) is 33.2 Å². The van der Waals surface area contributed by atoms with E-state index in [1.54, 1.807) is 12.1 Å². The third-order valence-corrected chi connectivity index (χ3v) is 2.66. The van der Waals surface area contributed by atoms with E-state index in [1.807, 2.05) is 38.1 Å². The molecule has 122 valence electrons.